The average Bonchev–Trinajstić information content (AvgIpc) is 1.86. The first-order valence-corrected chi connectivity index (χ1v) is 3.51. The average molecular weight is 141 g/mol. The van der Waals surface area contributed by atoms with Crippen LogP contribution in [0.15, 0.2) is 0 Å². The molecule has 0 fully saturated rings. The summed E-state index contributed by atoms with van der Waals surface area (Å²) in [4.78, 5) is 0. The Balaban J connectivity index is 3.52. The molecule has 3 nitrogen and oxygen atoms in total. The molecule has 0 aromatic carbocycles. The second kappa shape index (κ2) is 5.21. The second-order valence-electron chi connectivity index (χ2n) is 2.49. The Morgan fingerprint density at radius 3 is 2.50 bits per heavy atom. The molecule has 3 heteroatoms. The molecule has 0 aliphatic heterocycles. The maximum Gasteiger partial charge on any atom is 0.0638 e. The molecular formula is C7H15N3. The van der Waals surface area contributed by atoms with Gasteiger partial charge in [-0.25, -0.2) is 0 Å². The summed E-state index contributed by atoms with van der Waals surface area (Å²) in [6.45, 7) is 2.07. The van der Waals surface area contributed by atoms with Crippen molar-refractivity contribution in [2.75, 3.05) is 14.1 Å². The van der Waals surface area contributed by atoms with Crippen LogP contribution in [0.2, 0.25) is 0 Å². The minimum absolute atomic E-state index is 0.306. The summed E-state index contributed by atoms with van der Waals surface area (Å²) in [7, 11) is 3.86. The van der Waals surface area contributed by atoms with Gasteiger partial charge in [0.25, 0.3) is 0 Å². The van der Waals surface area contributed by atoms with Crippen molar-refractivity contribution in [1.82, 2.24) is 10.4 Å². The zero-order valence-electron chi connectivity index (χ0n) is 6.89. The van der Waals surface area contributed by atoms with E-state index in [9.17, 15) is 0 Å². The Morgan fingerprint density at radius 2 is 2.20 bits per heavy atom. The predicted molar refractivity (Wildman–Crippen MR) is 41.1 cm³/mol. The molecule has 0 spiro atoms. The van der Waals surface area contributed by atoms with Gasteiger partial charge in [-0.3, -0.25) is 10.4 Å². The van der Waals surface area contributed by atoms with E-state index in [0.717, 1.165) is 6.42 Å². The molecule has 0 bridgehead atoms. The molecule has 0 aliphatic rings. The van der Waals surface area contributed by atoms with E-state index in [0.29, 0.717) is 12.5 Å². The Kier molecular flexibility index (Phi) is 4.91. The van der Waals surface area contributed by atoms with E-state index >= 15 is 0 Å². The Bertz CT molecular complexity index is 115. The van der Waals surface area contributed by atoms with Crippen LogP contribution in [-0.2, 0) is 0 Å². The largest absolute Gasteiger partial charge is 0.252 e. The first-order chi connectivity index (χ1) is 4.70. The summed E-state index contributed by atoms with van der Waals surface area (Å²) in [6, 6.07) is 2.44. The van der Waals surface area contributed by atoms with Gasteiger partial charge in [0.15, 0.2) is 0 Å². The van der Waals surface area contributed by atoms with Gasteiger partial charge < -0.3 is 0 Å². The third-order valence-electron chi connectivity index (χ3n) is 1.27. The number of hydrazine groups is 1. The monoisotopic (exact) mass is 141 g/mol. The van der Waals surface area contributed by atoms with Crippen LogP contribution in [0.5, 0.6) is 0 Å². The van der Waals surface area contributed by atoms with Gasteiger partial charge in [0.05, 0.1) is 12.5 Å². The molecule has 0 aromatic heterocycles. The molecule has 0 rings (SSSR count). The third kappa shape index (κ3) is 4.30. The van der Waals surface area contributed by atoms with Gasteiger partial charge in [-0.2, -0.15) is 5.26 Å². The molecule has 1 atom stereocenters. The molecule has 0 saturated heterocycles. The topological polar surface area (TPSA) is 39.1 Å². The van der Waals surface area contributed by atoms with Crippen LogP contribution in [-0.4, -0.2) is 25.1 Å². The van der Waals surface area contributed by atoms with Crippen LogP contribution in [0.1, 0.15) is 19.8 Å². The summed E-state index contributed by atoms with van der Waals surface area (Å²) in [6.07, 6.45) is 1.57. The highest BCUT2D eigenvalue weighted by molar-refractivity contribution is 4.78. The molecular weight excluding hydrogens is 126 g/mol. The van der Waals surface area contributed by atoms with Gasteiger partial charge in [-0.05, 0) is 6.42 Å². The van der Waals surface area contributed by atoms with E-state index in [-0.39, 0.29) is 0 Å². The van der Waals surface area contributed by atoms with E-state index < -0.39 is 0 Å². The van der Waals surface area contributed by atoms with Crippen LogP contribution in [0.4, 0.5) is 0 Å². The highest BCUT2D eigenvalue weighted by Gasteiger charge is 2.03. The van der Waals surface area contributed by atoms with Crippen LogP contribution in [0, 0.1) is 11.3 Å². The fourth-order valence-electron chi connectivity index (χ4n) is 0.757. The molecule has 10 heavy (non-hydrogen) atoms. The number of hydrogen-bond donors (Lipinski definition) is 1. The Hall–Kier alpha value is -0.590. The first kappa shape index (κ1) is 9.41. The normalized spacial score (nSPS) is 13.1. The van der Waals surface area contributed by atoms with Gasteiger partial charge in [0, 0.05) is 20.1 Å². The second-order valence-corrected chi connectivity index (χ2v) is 2.49. The standard InChI is InChI=1S/C7H15N3/c1-4-7(5-6-8)9-10(2)3/h7,9H,4-5H2,1-3H3. The highest BCUT2D eigenvalue weighted by Crippen LogP contribution is 1.95. The smallest absolute Gasteiger partial charge is 0.0638 e. The zero-order valence-corrected chi connectivity index (χ0v) is 6.89. The van der Waals surface area contributed by atoms with Gasteiger partial charge >= 0.3 is 0 Å². The minimum atomic E-state index is 0.306. The summed E-state index contributed by atoms with van der Waals surface area (Å²) >= 11 is 0. The summed E-state index contributed by atoms with van der Waals surface area (Å²) in [5.74, 6) is 0. The molecule has 1 N–H and O–H groups in total. The third-order valence-corrected chi connectivity index (χ3v) is 1.27. The van der Waals surface area contributed by atoms with Crippen LogP contribution in [0.3, 0.4) is 0 Å². The van der Waals surface area contributed by atoms with Crippen LogP contribution >= 0.6 is 0 Å². The van der Waals surface area contributed by atoms with Crippen molar-refractivity contribution < 1.29 is 0 Å². The zero-order chi connectivity index (χ0) is 7.98. The van der Waals surface area contributed by atoms with E-state index in [1.807, 2.05) is 19.1 Å². The lowest BCUT2D eigenvalue weighted by atomic mass is 10.2. The fraction of sp³-hybridized carbons (Fsp3) is 0.857. The molecule has 0 heterocycles. The molecule has 0 amide bonds. The lowest BCUT2D eigenvalue weighted by molar-refractivity contribution is 0.239. The molecule has 1 unspecified atom stereocenters. The maximum absolute atomic E-state index is 8.37. The minimum Gasteiger partial charge on any atom is -0.252 e. The number of nitriles is 1. The van der Waals surface area contributed by atoms with E-state index in [1.54, 1.807) is 0 Å². The highest BCUT2D eigenvalue weighted by atomic mass is 15.5. The van der Waals surface area contributed by atoms with Crippen molar-refractivity contribution in [2.24, 2.45) is 0 Å². The van der Waals surface area contributed by atoms with Crippen molar-refractivity contribution in [3.8, 4) is 6.07 Å². The number of hydrogen-bond acceptors (Lipinski definition) is 3. The summed E-state index contributed by atoms with van der Waals surface area (Å²) in [5.41, 5.74) is 3.14. The lowest BCUT2D eigenvalue weighted by Gasteiger charge is -2.18. The number of rotatable bonds is 4. The first-order valence-electron chi connectivity index (χ1n) is 3.51. The Labute approximate surface area is 62.6 Å². The molecule has 0 saturated carbocycles. The van der Waals surface area contributed by atoms with Gasteiger partial charge in [0.2, 0.25) is 0 Å². The van der Waals surface area contributed by atoms with Crippen LogP contribution < -0.4 is 5.43 Å². The van der Waals surface area contributed by atoms with Crippen molar-refractivity contribution in [3.05, 3.63) is 0 Å². The molecule has 0 aromatic rings. The summed E-state index contributed by atoms with van der Waals surface area (Å²) in [5, 5.41) is 10.3. The van der Waals surface area contributed by atoms with Crippen molar-refractivity contribution in [1.29, 1.82) is 5.26 Å². The van der Waals surface area contributed by atoms with Crippen molar-refractivity contribution in [3.63, 3.8) is 0 Å². The van der Waals surface area contributed by atoms with Crippen LogP contribution in [0.25, 0.3) is 0 Å². The molecule has 0 radical (unpaired) electrons. The van der Waals surface area contributed by atoms with Crippen molar-refractivity contribution >= 4 is 0 Å². The fourth-order valence-corrected chi connectivity index (χ4v) is 0.757. The number of nitrogens with one attached hydrogen (secondary N) is 1. The van der Waals surface area contributed by atoms with Crippen molar-refractivity contribution in [2.45, 2.75) is 25.8 Å². The Morgan fingerprint density at radius 1 is 1.60 bits per heavy atom. The maximum atomic E-state index is 8.37. The molecule has 58 valence electrons. The molecule has 0 aliphatic carbocycles. The van der Waals surface area contributed by atoms with E-state index in [2.05, 4.69) is 18.4 Å². The predicted octanol–water partition coefficient (Wildman–Crippen LogP) is 0.745. The lowest BCUT2D eigenvalue weighted by Crippen LogP contribution is -2.39. The quantitative estimate of drug-likeness (QED) is 0.587. The summed E-state index contributed by atoms with van der Waals surface area (Å²) < 4.78 is 0. The van der Waals surface area contributed by atoms with Gasteiger partial charge in [0.1, 0.15) is 0 Å². The SMILES string of the molecule is CCC(CC#N)NN(C)C. The number of nitrogens with zero attached hydrogens (tertiary/aromatic N) is 2. The van der Waals surface area contributed by atoms with Gasteiger partial charge in [-0.15, -0.1) is 0 Å². The van der Waals surface area contributed by atoms with Gasteiger partial charge in [-0.1, -0.05) is 6.92 Å². The van der Waals surface area contributed by atoms with E-state index in [4.69, 9.17) is 5.26 Å². The van der Waals surface area contributed by atoms with E-state index in [1.165, 1.54) is 0 Å².